The molecular weight excluding hydrogens is 455 g/mol. The lowest BCUT2D eigenvalue weighted by Crippen LogP contribution is -2.25. The third-order valence-corrected chi connectivity index (χ3v) is 5.67. The van der Waals surface area contributed by atoms with Crippen LogP contribution in [0.1, 0.15) is 44.4 Å². The van der Waals surface area contributed by atoms with Crippen LogP contribution in [0.25, 0.3) is 22.5 Å². The standard InChI is InChI=1S/C27H30F3N3O2/c1-5-22-20(17-33(6-2)12-13-34)8-7-9-23(22)21-15-31-26(32-16-21)19-10-11-25(35-18(3)4)24(14-19)27(28,29)30/h7-11,13-16,18H,5-6,12,17H2,1-4H3. The molecule has 0 aliphatic rings. The van der Waals surface area contributed by atoms with Gasteiger partial charge in [0.05, 0.1) is 18.2 Å². The summed E-state index contributed by atoms with van der Waals surface area (Å²) in [7, 11) is 0. The second-order valence-corrected chi connectivity index (χ2v) is 8.46. The molecule has 2 aromatic carbocycles. The van der Waals surface area contributed by atoms with E-state index in [1.54, 1.807) is 26.2 Å². The Labute approximate surface area is 204 Å². The number of likely N-dealkylation sites (N-methyl/N-ethyl adjacent to an activating group) is 1. The summed E-state index contributed by atoms with van der Waals surface area (Å²) in [6.45, 7) is 9.20. The molecule has 0 spiro atoms. The molecule has 0 unspecified atom stereocenters. The van der Waals surface area contributed by atoms with Crippen molar-refractivity contribution in [1.29, 1.82) is 0 Å². The van der Waals surface area contributed by atoms with Gasteiger partial charge < -0.3 is 9.53 Å². The predicted octanol–water partition coefficient (Wildman–Crippen LogP) is 6.20. The van der Waals surface area contributed by atoms with Crippen LogP contribution in [0, 0.1) is 0 Å². The lowest BCUT2D eigenvalue weighted by atomic mass is 9.94. The van der Waals surface area contributed by atoms with Crippen LogP contribution in [0.3, 0.4) is 0 Å². The first kappa shape index (κ1) is 26.3. The predicted molar refractivity (Wildman–Crippen MR) is 130 cm³/mol. The summed E-state index contributed by atoms with van der Waals surface area (Å²) in [5.74, 6) is -0.0133. The topological polar surface area (TPSA) is 55.3 Å². The Bertz CT molecular complexity index is 1150. The molecule has 0 bridgehead atoms. The van der Waals surface area contributed by atoms with Gasteiger partial charge in [-0.15, -0.1) is 0 Å². The number of hydrogen-bond acceptors (Lipinski definition) is 5. The Kier molecular flexibility index (Phi) is 8.62. The number of nitrogens with zero attached hydrogens (tertiary/aromatic N) is 3. The molecule has 1 heterocycles. The van der Waals surface area contributed by atoms with Crippen LogP contribution in [0.2, 0.25) is 0 Å². The minimum atomic E-state index is -4.56. The highest BCUT2D eigenvalue weighted by atomic mass is 19.4. The van der Waals surface area contributed by atoms with Gasteiger partial charge in [0.1, 0.15) is 12.0 Å². The zero-order valence-corrected chi connectivity index (χ0v) is 20.4. The molecule has 0 aliphatic heterocycles. The second-order valence-electron chi connectivity index (χ2n) is 8.46. The lowest BCUT2D eigenvalue weighted by Gasteiger charge is -2.21. The summed E-state index contributed by atoms with van der Waals surface area (Å²) in [6.07, 6.45) is -0.00332. The summed E-state index contributed by atoms with van der Waals surface area (Å²) < 4.78 is 46.2. The largest absolute Gasteiger partial charge is 0.490 e. The highest BCUT2D eigenvalue weighted by molar-refractivity contribution is 5.69. The number of aromatic nitrogens is 2. The number of ether oxygens (including phenoxy) is 1. The van der Waals surface area contributed by atoms with E-state index in [0.29, 0.717) is 13.1 Å². The summed E-state index contributed by atoms with van der Waals surface area (Å²) >= 11 is 0. The zero-order valence-electron chi connectivity index (χ0n) is 20.4. The molecule has 3 rings (SSSR count). The van der Waals surface area contributed by atoms with Gasteiger partial charge in [-0.3, -0.25) is 4.90 Å². The van der Waals surface area contributed by atoms with E-state index in [4.69, 9.17) is 4.74 Å². The van der Waals surface area contributed by atoms with E-state index in [9.17, 15) is 18.0 Å². The summed E-state index contributed by atoms with van der Waals surface area (Å²) in [4.78, 5) is 21.8. The van der Waals surface area contributed by atoms with Gasteiger partial charge >= 0.3 is 6.18 Å². The maximum absolute atomic E-state index is 13.6. The van der Waals surface area contributed by atoms with Crippen LogP contribution in [0.15, 0.2) is 48.8 Å². The average molecular weight is 486 g/mol. The van der Waals surface area contributed by atoms with Crippen molar-refractivity contribution in [3.63, 3.8) is 0 Å². The number of alkyl halides is 3. The Morgan fingerprint density at radius 3 is 2.34 bits per heavy atom. The van der Waals surface area contributed by atoms with Crippen LogP contribution >= 0.6 is 0 Å². The first-order valence-corrected chi connectivity index (χ1v) is 11.6. The highest BCUT2D eigenvalue weighted by Gasteiger charge is 2.35. The third kappa shape index (κ3) is 6.45. The zero-order chi connectivity index (χ0) is 25.6. The number of hydrogen-bond donors (Lipinski definition) is 0. The Morgan fingerprint density at radius 2 is 1.77 bits per heavy atom. The molecule has 186 valence electrons. The monoisotopic (exact) mass is 485 g/mol. The third-order valence-electron chi connectivity index (χ3n) is 5.67. The molecule has 0 atom stereocenters. The number of benzene rings is 2. The fourth-order valence-corrected chi connectivity index (χ4v) is 3.99. The molecule has 3 aromatic rings. The van der Waals surface area contributed by atoms with Gasteiger partial charge in [0, 0.05) is 30.1 Å². The first-order chi connectivity index (χ1) is 16.7. The number of rotatable bonds is 10. The molecule has 0 saturated heterocycles. The fraction of sp³-hybridized carbons (Fsp3) is 0.370. The van der Waals surface area contributed by atoms with E-state index in [2.05, 4.69) is 21.8 Å². The minimum Gasteiger partial charge on any atom is -0.490 e. The first-order valence-electron chi connectivity index (χ1n) is 11.6. The molecule has 0 aliphatic carbocycles. The lowest BCUT2D eigenvalue weighted by molar-refractivity contribution is -0.139. The van der Waals surface area contributed by atoms with E-state index in [1.165, 1.54) is 12.1 Å². The molecule has 35 heavy (non-hydrogen) atoms. The molecule has 0 fully saturated rings. The Hall–Kier alpha value is -3.26. The Balaban J connectivity index is 1.95. The molecule has 1 aromatic heterocycles. The van der Waals surface area contributed by atoms with Crippen molar-refractivity contribution in [2.24, 2.45) is 0 Å². The molecular formula is C27H30F3N3O2. The molecule has 8 heteroatoms. The highest BCUT2D eigenvalue weighted by Crippen LogP contribution is 2.39. The summed E-state index contributed by atoms with van der Waals surface area (Å²) in [6, 6.07) is 9.85. The normalized spacial score (nSPS) is 11.8. The molecule has 0 N–H and O–H groups in total. The molecule has 5 nitrogen and oxygen atoms in total. The van der Waals surface area contributed by atoms with Gasteiger partial charge in [-0.05, 0) is 61.7 Å². The van der Waals surface area contributed by atoms with E-state index >= 15 is 0 Å². The van der Waals surface area contributed by atoms with Crippen molar-refractivity contribution in [3.05, 3.63) is 65.5 Å². The minimum absolute atomic E-state index is 0.202. The molecule has 0 amide bonds. The van der Waals surface area contributed by atoms with Crippen LogP contribution in [0.5, 0.6) is 5.75 Å². The van der Waals surface area contributed by atoms with Gasteiger partial charge in [0.2, 0.25) is 0 Å². The van der Waals surface area contributed by atoms with E-state index in [1.807, 2.05) is 25.1 Å². The van der Waals surface area contributed by atoms with Crippen LogP contribution in [-0.2, 0) is 23.9 Å². The number of carbonyl (C=O) groups excluding carboxylic acids is 1. The van der Waals surface area contributed by atoms with Gasteiger partial charge in [0.25, 0.3) is 0 Å². The number of carbonyl (C=O) groups is 1. The Morgan fingerprint density at radius 1 is 1.06 bits per heavy atom. The van der Waals surface area contributed by atoms with Gasteiger partial charge in [0.15, 0.2) is 5.82 Å². The van der Waals surface area contributed by atoms with Gasteiger partial charge in [-0.25, -0.2) is 9.97 Å². The quantitative estimate of drug-likeness (QED) is 0.320. The SMILES string of the molecule is CCc1c(CN(CC)CC=O)cccc1-c1cnc(-c2ccc(OC(C)C)c(C(F)(F)F)c2)nc1. The maximum Gasteiger partial charge on any atom is 0.419 e. The van der Waals surface area contributed by atoms with Crippen LogP contribution in [0.4, 0.5) is 13.2 Å². The second kappa shape index (κ2) is 11.4. The number of halogens is 3. The van der Waals surface area contributed by atoms with Crippen molar-refractivity contribution < 1.29 is 22.7 Å². The average Bonchev–Trinajstić information content (AvgIpc) is 2.83. The summed E-state index contributed by atoms with van der Waals surface area (Å²) in [5.41, 5.74) is 3.40. The summed E-state index contributed by atoms with van der Waals surface area (Å²) in [5, 5.41) is 0. The molecule has 0 radical (unpaired) electrons. The van der Waals surface area contributed by atoms with Crippen LogP contribution < -0.4 is 4.74 Å². The van der Waals surface area contributed by atoms with E-state index in [0.717, 1.165) is 47.6 Å². The van der Waals surface area contributed by atoms with Gasteiger partial charge in [-0.2, -0.15) is 13.2 Å². The van der Waals surface area contributed by atoms with Crippen molar-refractivity contribution >= 4 is 6.29 Å². The van der Waals surface area contributed by atoms with Crippen molar-refractivity contribution in [3.8, 4) is 28.3 Å². The van der Waals surface area contributed by atoms with Crippen molar-refractivity contribution in [2.75, 3.05) is 13.1 Å². The van der Waals surface area contributed by atoms with Crippen LogP contribution in [-0.4, -0.2) is 40.3 Å². The van der Waals surface area contributed by atoms with Crippen molar-refractivity contribution in [2.45, 2.75) is 52.9 Å². The number of aldehydes is 1. The fourth-order valence-electron chi connectivity index (χ4n) is 3.99. The van der Waals surface area contributed by atoms with E-state index < -0.39 is 11.7 Å². The smallest absolute Gasteiger partial charge is 0.419 e. The van der Waals surface area contributed by atoms with E-state index in [-0.39, 0.29) is 23.2 Å². The molecule has 0 saturated carbocycles. The maximum atomic E-state index is 13.6. The van der Waals surface area contributed by atoms with Gasteiger partial charge in [-0.1, -0.05) is 32.0 Å². The van der Waals surface area contributed by atoms with Crippen molar-refractivity contribution in [1.82, 2.24) is 14.9 Å².